The van der Waals surface area contributed by atoms with Crippen LogP contribution in [-0.2, 0) is 10.5 Å². The molecule has 1 amide bonds. The lowest BCUT2D eigenvalue weighted by Crippen LogP contribution is -2.37. The summed E-state index contributed by atoms with van der Waals surface area (Å²) < 4.78 is 32.4. The van der Waals surface area contributed by atoms with E-state index in [1.54, 1.807) is 23.9 Å². The topological polar surface area (TPSA) is 46.8 Å². The summed E-state index contributed by atoms with van der Waals surface area (Å²) in [5.41, 5.74) is 2.24. The molecule has 5 nitrogen and oxygen atoms in total. The fourth-order valence-electron chi connectivity index (χ4n) is 2.73. The normalized spacial score (nSPS) is 11.3. The van der Waals surface area contributed by atoms with Crippen LogP contribution in [0, 0.1) is 0 Å². The van der Waals surface area contributed by atoms with E-state index in [9.17, 15) is 13.6 Å². The molecule has 0 radical (unpaired) electrons. The number of alkyl halides is 2. The number of carbonyl (C=O) groups is 1. The van der Waals surface area contributed by atoms with E-state index in [4.69, 9.17) is 4.74 Å². The number of rotatable bonds is 9. The minimum Gasteiger partial charge on any atom is -0.383 e. The Morgan fingerprint density at radius 2 is 2.04 bits per heavy atom. The zero-order chi connectivity index (χ0) is 19.9. The molecule has 0 aliphatic rings. The first-order chi connectivity index (χ1) is 13.6. The molecule has 0 fully saturated rings. The van der Waals surface area contributed by atoms with E-state index in [1.807, 2.05) is 47.1 Å². The molecule has 148 valence electrons. The second-order valence-corrected chi connectivity index (χ2v) is 7.20. The van der Waals surface area contributed by atoms with Gasteiger partial charge >= 0.3 is 0 Å². The Hall–Kier alpha value is -2.45. The molecule has 0 saturated carbocycles. The molecule has 0 aliphatic heterocycles. The average molecular weight is 405 g/mol. The summed E-state index contributed by atoms with van der Waals surface area (Å²) in [5.74, 6) is 0.273. The summed E-state index contributed by atoms with van der Waals surface area (Å²) in [5, 5.41) is 0. The maximum atomic E-state index is 12.7. The van der Waals surface area contributed by atoms with Crippen molar-refractivity contribution in [1.82, 2.24) is 14.3 Å². The highest BCUT2D eigenvalue weighted by molar-refractivity contribution is 7.98. The quantitative estimate of drug-likeness (QED) is 0.505. The molecule has 0 atom stereocenters. The molecule has 2 aromatic heterocycles. The number of ether oxygens (including phenoxy) is 1. The summed E-state index contributed by atoms with van der Waals surface area (Å²) >= 11 is 1.60. The van der Waals surface area contributed by atoms with Gasteiger partial charge in [-0.25, -0.2) is 13.8 Å². The summed E-state index contributed by atoms with van der Waals surface area (Å²) in [6, 6.07) is 12.8. The van der Waals surface area contributed by atoms with Crippen molar-refractivity contribution in [3.63, 3.8) is 0 Å². The van der Waals surface area contributed by atoms with E-state index in [-0.39, 0.29) is 13.2 Å². The predicted octanol–water partition coefficient (Wildman–Crippen LogP) is 3.98. The minimum absolute atomic E-state index is 0.129. The molecule has 0 unspecified atom stereocenters. The first-order valence-electron chi connectivity index (χ1n) is 8.78. The zero-order valence-electron chi connectivity index (χ0n) is 15.4. The van der Waals surface area contributed by atoms with Gasteiger partial charge in [0.2, 0.25) is 0 Å². The molecule has 0 bridgehead atoms. The Kier molecular flexibility index (Phi) is 7.00. The fraction of sp³-hybridized carbons (Fsp3) is 0.300. The van der Waals surface area contributed by atoms with Crippen LogP contribution in [0.25, 0.3) is 5.65 Å². The smallest absolute Gasteiger partial charge is 0.255 e. The van der Waals surface area contributed by atoms with Crippen LogP contribution in [0.1, 0.15) is 16.1 Å². The highest BCUT2D eigenvalue weighted by Gasteiger charge is 2.19. The third-order valence-electron chi connectivity index (χ3n) is 4.11. The van der Waals surface area contributed by atoms with Crippen molar-refractivity contribution < 1.29 is 18.3 Å². The van der Waals surface area contributed by atoms with E-state index in [0.29, 0.717) is 11.3 Å². The highest BCUT2D eigenvalue weighted by Crippen LogP contribution is 2.23. The van der Waals surface area contributed by atoms with Gasteiger partial charge in [-0.2, -0.15) is 0 Å². The van der Waals surface area contributed by atoms with E-state index >= 15 is 0 Å². The standard InChI is InChI=1S/C20H21F2N3O2S/c1-27-11-10-25(13-18(21)22)20(26)15-5-7-17(8-6-15)28-14-16-12-24-9-3-2-4-19(24)23-16/h2-9,12,18H,10-11,13-14H2,1H3. The van der Waals surface area contributed by atoms with Gasteiger partial charge in [0, 0.05) is 42.3 Å². The predicted molar refractivity (Wildman–Crippen MR) is 105 cm³/mol. The van der Waals surface area contributed by atoms with Crippen molar-refractivity contribution in [2.24, 2.45) is 0 Å². The maximum Gasteiger partial charge on any atom is 0.255 e. The van der Waals surface area contributed by atoms with Gasteiger partial charge in [-0.3, -0.25) is 4.79 Å². The molecule has 28 heavy (non-hydrogen) atoms. The third-order valence-corrected chi connectivity index (χ3v) is 5.16. The van der Waals surface area contributed by atoms with Gasteiger partial charge in [-0.05, 0) is 36.4 Å². The minimum atomic E-state index is -2.58. The van der Waals surface area contributed by atoms with Crippen molar-refractivity contribution in [3.8, 4) is 0 Å². The van der Waals surface area contributed by atoms with Gasteiger partial charge in [0.05, 0.1) is 18.8 Å². The van der Waals surface area contributed by atoms with Crippen molar-refractivity contribution in [3.05, 3.63) is 66.1 Å². The Balaban J connectivity index is 1.62. The number of halogens is 2. The Morgan fingerprint density at radius 1 is 1.25 bits per heavy atom. The number of hydrogen-bond acceptors (Lipinski definition) is 4. The first-order valence-corrected chi connectivity index (χ1v) is 9.77. The number of aromatic nitrogens is 2. The Morgan fingerprint density at radius 3 is 2.71 bits per heavy atom. The van der Waals surface area contributed by atoms with Crippen LogP contribution < -0.4 is 0 Å². The van der Waals surface area contributed by atoms with E-state index in [2.05, 4.69) is 4.98 Å². The SMILES string of the molecule is COCCN(CC(F)F)C(=O)c1ccc(SCc2cn3ccccc3n2)cc1. The zero-order valence-corrected chi connectivity index (χ0v) is 16.2. The number of imidazole rings is 1. The number of pyridine rings is 1. The van der Waals surface area contributed by atoms with Crippen molar-refractivity contribution in [2.45, 2.75) is 17.1 Å². The second kappa shape index (κ2) is 9.66. The molecule has 0 aliphatic carbocycles. The molecular weight excluding hydrogens is 384 g/mol. The molecule has 0 N–H and O–H groups in total. The number of hydrogen-bond donors (Lipinski definition) is 0. The molecule has 0 spiro atoms. The molecule has 3 aromatic rings. The summed E-state index contributed by atoms with van der Waals surface area (Å²) in [7, 11) is 1.47. The largest absolute Gasteiger partial charge is 0.383 e. The van der Waals surface area contributed by atoms with E-state index < -0.39 is 18.9 Å². The van der Waals surface area contributed by atoms with E-state index in [0.717, 1.165) is 21.1 Å². The van der Waals surface area contributed by atoms with Crippen LogP contribution in [0.3, 0.4) is 0 Å². The lowest BCUT2D eigenvalue weighted by atomic mass is 10.2. The van der Waals surface area contributed by atoms with E-state index in [1.165, 1.54) is 7.11 Å². The van der Waals surface area contributed by atoms with Crippen molar-refractivity contribution in [2.75, 3.05) is 26.8 Å². The number of carbonyl (C=O) groups excluding carboxylic acids is 1. The molecule has 3 rings (SSSR count). The van der Waals surface area contributed by atoms with Crippen LogP contribution in [0.2, 0.25) is 0 Å². The first kappa shape index (κ1) is 20.3. The average Bonchev–Trinajstić information content (AvgIpc) is 3.12. The third kappa shape index (κ3) is 5.30. The number of nitrogens with zero attached hydrogens (tertiary/aromatic N) is 3. The van der Waals surface area contributed by atoms with Crippen LogP contribution in [0.15, 0.2) is 59.8 Å². The summed E-state index contributed by atoms with van der Waals surface area (Å²) in [6.45, 7) is -0.262. The molecular formula is C20H21F2N3O2S. The second-order valence-electron chi connectivity index (χ2n) is 6.15. The molecule has 2 heterocycles. The number of thioether (sulfide) groups is 1. The molecule has 1 aromatic carbocycles. The van der Waals surface area contributed by atoms with Gasteiger partial charge < -0.3 is 14.0 Å². The fourth-order valence-corrected chi connectivity index (χ4v) is 3.52. The van der Waals surface area contributed by atoms with Crippen LogP contribution in [0.5, 0.6) is 0 Å². The van der Waals surface area contributed by atoms with Gasteiger partial charge in [-0.1, -0.05) is 6.07 Å². The Bertz CT molecular complexity index is 882. The van der Waals surface area contributed by atoms with Gasteiger partial charge in [0.1, 0.15) is 5.65 Å². The monoisotopic (exact) mass is 405 g/mol. The highest BCUT2D eigenvalue weighted by atomic mass is 32.2. The van der Waals surface area contributed by atoms with Crippen LogP contribution in [0.4, 0.5) is 8.78 Å². The number of fused-ring (bicyclic) bond motifs is 1. The van der Waals surface area contributed by atoms with Crippen molar-refractivity contribution in [1.29, 1.82) is 0 Å². The Labute approximate surface area is 166 Å². The van der Waals surface area contributed by atoms with Crippen LogP contribution in [-0.4, -0.2) is 53.4 Å². The van der Waals surface area contributed by atoms with Crippen LogP contribution >= 0.6 is 11.8 Å². The number of methoxy groups -OCH3 is 1. The van der Waals surface area contributed by atoms with Gasteiger partial charge in [0.25, 0.3) is 12.3 Å². The molecule has 0 saturated heterocycles. The molecule has 8 heteroatoms. The summed E-state index contributed by atoms with van der Waals surface area (Å²) in [6.07, 6.45) is 1.35. The maximum absolute atomic E-state index is 12.7. The van der Waals surface area contributed by atoms with Gasteiger partial charge in [0.15, 0.2) is 0 Å². The summed E-state index contributed by atoms with van der Waals surface area (Å²) in [4.78, 5) is 19.1. The lowest BCUT2D eigenvalue weighted by Gasteiger charge is -2.22. The number of amides is 1. The van der Waals surface area contributed by atoms with Gasteiger partial charge in [-0.15, -0.1) is 11.8 Å². The lowest BCUT2D eigenvalue weighted by molar-refractivity contribution is 0.0478. The number of benzene rings is 1. The van der Waals surface area contributed by atoms with Crippen molar-refractivity contribution >= 4 is 23.3 Å².